The highest BCUT2D eigenvalue weighted by Gasteiger charge is 2.19. The molecule has 0 aliphatic heterocycles. The maximum absolute atomic E-state index is 12.6. The van der Waals surface area contributed by atoms with Crippen molar-refractivity contribution in [1.29, 1.82) is 5.26 Å². The van der Waals surface area contributed by atoms with E-state index in [0.29, 0.717) is 11.3 Å². The van der Waals surface area contributed by atoms with Gasteiger partial charge in [0.05, 0.1) is 11.1 Å². The molecule has 0 N–H and O–H groups in total. The molecule has 198 valence electrons. The van der Waals surface area contributed by atoms with Crippen LogP contribution in [0.4, 0.5) is 0 Å². The van der Waals surface area contributed by atoms with Crippen molar-refractivity contribution in [3.8, 4) is 22.9 Å². The van der Waals surface area contributed by atoms with E-state index in [4.69, 9.17) is 14.7 Å². The molecular formula is C33H37NO4. The lowest BCUT2D eigenvalue weighted by molar-refractivity contribution is 0.0325. The van der Waals surface area contributed by atoms with Crippen LogP contribution < -0.4 is 4.74 Å². The molecule has 0 amide bonds. The predicted octanol–water partition coefficient (Wildman–Crippen LogP) is 8.18. The molecule has 3 rings (SSSR count). The zero-order valence-electron chi connectivity index (χ0n) is 22.6. The predicted molar refractivity (Wildman–Crippen MR) is 150 cm³/mol. The van der Waals surface area contributed by atoms with Gasteiger partial charge in [-0.2, -0.15) is 5.26 Å². The van der Waals surface area contributed by atoms with E-state index in [-0.39, 0.29) is 11.5 Å². The van der Waals surface area contributed by atoms with Gasteiger partial charge in [-0.15, -0.1) is 0 Å². The fourth-order valence-electron chi connectivity index (χ4n) is 4.09. The van der Waals surface area contributed by atoms with Gasteiger partial charge in [-0.25, -0.2) is 9.59 Å². The number of esters is 2. The molecule has 0 aromatic heterocycles. The lowest BCUT2D eigenvalue weighted by atomic mass is 10.00. The Bertz CT molecular complexity index is 1210. The van der Waals surface area contributed by atoms with Crippen molar-refractivity contribution >= 4 is 11.9 Å². The molecule has 1 unspecified atom stereocenters. The standard InChI is InChI=1S/C33H37NO4/c1-4-5-6-7-8-9-10-25-11-13-26(14-12-25)27-15-17-28(18-16-27)32(35)37-30-21-19-29(20-22-30)33(36)38-31(23-34)24(2)3/h11-22,24,31H,4-10H2,1-3H3. The van der Waals surface area contributed by atoms with E-state index >= 15 is 0 Å². The van der Waals surface area contributed by atoms with Crippen molar-refractivity contribution in [2.24, 2.45) is 5.92 Å². The van der Waals surface area contributed by atoms with Gasteiger partial charge < -0.3 is 9.47 Å². The lowest BCUT2D eigenvalue weighted by Gasteiger charge is -2.14. The van der Waals surface area contributed by atoms with E-state index in [1.807, 2.05) is 32.0 Å². The summed E-state index contributed by atoms with van der Waals surface area (Å²) in [5.74, 6) is -0.859. The third kappa shape index (κ3) is 8.59. The average Bonchev–Trinajstić information content (AvgIpc) is 2.94. The first kappa shape index (κ1) is 28.7. The molecule has 38 heavy (non-hydrogen) atoms. The largest absolute Gasteiger partial charge is 0.443 e. The van der Waals surface area contributed by atoms with E-state index in [0.717, 1.165) is 17.5 Å². The van der Waals surface area contributed by atoms with Crippen LogP contribution >= 0.6 is 0 Å². The van der Waals surface area contributed by atoms with Gasteiger partial charge in [-0.05, 0) is 65.9 Å². The van der Waals surface area contributed by atoms with Crippen molar-refractivity contribution in [3.05, 3.63) is 89.5 Å². The summed E-state index contributed by atoms with van der Waals surface area (Å²) < 4.78 is 10.7. The number of aryl methyl sites for hydroxylation is 1. The summed E-state index contributed by atoms with van der Waals surface area (Å²) in [6.45, 7) is 5.86. The zero-order valence-corrected chi connectivity index (χ0v) is 22.6. The molecule has 0 saturated carbocycles. The molecule has 0 bridgehead atoms. The van der Waals surface area contributed by atoms with Crippen molar-refractivity contribution in [2.75, 3.05) is 0 Å². The van der Waals surface area contributed by atoms with Crippen LogP contribution in [0.3, 0.4) is 0 Å². The molecular weight excluding hydrogens is 474 g/mol. The van der Waals surface area contributed by atoms with E-state index in [1.54, 1.807) is 12.1 Å². The monoisotopic (exact) mass is 511 g/mol. The molecule has 0 aliphatic carbocycles. The number of hydrogen-bond donors (Lipinski definition) is 0. The molecule has 5 heteroatoms. The number of carbonyl (C=O) groups excluding carboxylic acids is 2. The van der Waals surface area contributed by atoms with Crippen molar-refractivity contribution in [1.82, 2.24) is 0 Å². The number of unbranched alkanes of at least 4 members (excludes halogenated alkanes) is 5. The first-order valence-corrected chi connectivity index (χ1v) is 13.5. The summed E-state index contributed by atoms with van der Waals surface area (Å²) in [5, 5.41) is 9.11. The minimum Gasteiger partial charge on any atom is -0.443 e. The molecule has 3 aromatic carbocycles. The summed E-state index contributed by atoms with van der Waals surface area (Å²) in [6, 6.07) is 24.0. The molecule has 0 spiro atoms. The Morgan fingerprint density at radius 2 is 1.26 bits per heavy atom. The second-order valence-electron chi connectivity index (χ2n) is 9.90. The molecule has 0 saturated heterocycles. The van der Waals surface area contributed by atoms with Gasteiger partial charge in [0.25, 0.3) is 0 Å². The molecule has 0 fully saturated rings. The number of hydrogen-bond acceptors (Lipinski definition) is 5. The highest BCUT2D eigenvalue weighted by molar-refractivity contribution is 5.92. The van der Waals surface area contributed by atoms with Crippen LogP contribution in [0.1, 0.15) is 85.6 Å². The highest BCUT2D eigenvalue weighted by Crippen LogP contribution is 2.22. The number of ether oxygens (including phenoxy) is 2. The van der Waals surface area contributed by atoms with E-state index < -0.39 is 18.0 Å². The van der Waals surface area contributed by atoms with Crippen molar-refractivity contribution in [3.63, 3.8) is 0 Å². The Labute approximate surface area is 226 Å². The SMILES string of the molecule is CCCCCCCCc1ccc(-c2ccc(C(=O)Oc3ccc(C(=O)OC(C#N)C(C)C)cc3)cc2)cc1. The van der Waals surface area contributed by atoms with Gasteiger partial charge in [0.1, 0.15) is 11.8 Å². The van der Waals surface area contributed by atoms with Crippen molar-refractivity contribution < 1.29 is 19.1 Å². The smallest absolute Gasteiger partial charge is 0.343 e. The third-order valence-corrected chi connectivity index (χ3v) is 6.49. The van der Waals surface area contributed by atoms with Crippen LogP contribution in [-0.2, 0) is 11.2 Å². The van der Waals surface area contributed by atoms with Crippen LogP contribution in [-0.4, -0.2) is 18.0 Å². The summed E-state index contributed by atoms with van der Waals surface area (Å²) in [5.41, 5.74) is 4.22. The number of nitriles is 1. The summed E-state index contributed by atoms with van der Waals surface area (Å²) in [6.07, 6.45) is 8.09. The number of carbonyl (C=O) groups is 2. The number of benzene rings is 3. The number of rotatable bonds is 13. The molecule has 0 aliphatic rings. The quantitative estimate of drug-likeness (QED) is 0.131. The normalized spacial score (nSPS) is 11.6. The Balaban J connectivity index is 1.52. The fourth-order valence-corrected chi connectivity index (χ4v) is 4.09. The Morgan fingerprint density at radius 3 is 1.84 bits per heavy atom. The Kier molecular flexibility index (Phi) is 11.1. The fraction of sp³-hybridized carbons (Fsp3) is 0.364. The number of nitrogens with zero attached hydrogens (tertiary/aromatic N) is 1. The second kappa shape index (κ2) is 14.7. The van der Waals surface area contributed by atoms with E-state index in [1.165, 1.54) is 68.4 Å². The van der Waals surface area contributed by atoms with Crippen LogP contribution in [0, 0.1) is 17.2 Å². The first-order chi connectivity index (χ1) is 18.4. The molecule has 5 nitrogen and oxygen atoms in total. The third-order valence-electron chi connectivity index (χ3n) is 6.49. The maximum atomic E-state index is 12.6. The molecule has 0 radical (unpaired) electrons. The second-order valence-corrected chi connectivity index (χ2v) is 9.90. The van der Waals surface area contributed by atoms with Crippen LogP contribution in [0.25, 0.3) is 11.1 Å². The minimum absolute atomic E-state index is 0.107. The van der Waals surface area contributed by atoms with Crippen LogP contribution in [0.5, 0.6) is 5.75 Å². The van der Waals surface area contributed by atoms with Gasteiger partial charge >= 0.3 is 11.9 Å². The van der Waals surface area contributed by atoms with E-state index in [9.17, 15) is 9.59 Å². The van der Waals surface area contributed by atoms with Gasteiger partial charge in [0, 0.05) is 5.92 Å². The van der Waals surface area contributed by atoms with E-state index in [2.05, 4.69) is 31.2 Å². The summed E-state index contributed by atoms with van der Waals surface area (Å²) in [4.78, 5) is 24.9. The molecule has 3 aromatic rings. The Hall–Kier alpha value is -3.91. The maximum Gasteiger partial charge on any atom is 0.343 e. The average molecular weight is 512 g/mol. The van der Waals surface area contributed by atoms with Gasteiger partial charge in [0.2, 0.25) is 0 Å². The highest BCUT2D eigenvalue weighted by atomic mass is 16.5. The van der Waals surface area contributed by atoms with Crippen molar-refractivity contribution in [2.45, 2.75) is 71.8 Å². The molecule has 1 atom stereocenters. The molecule has 0 heterocycles. The Morgan fingerprint density at radius 1 is 0.737 bits per heavy atom. The van der Waals surface area contributed by atoms with Gasteiger partial charge in [-0.3, -0.25) is 0 Å². The first-order valence-electron chi connectivity index (χ1n) is 13.5. The lowest BCUT2D eigenvalue weighted by Crippen LogP contribution is -2.21. The topological polar surface area (TPSA) is 76.4 Å². The van der Waals surface area contributed by atoms with Crippen LogP contribution in [0.15, 0.2) is 72.8 Å². The van der Waals surface area contributed by atoms with Gasteiger partial charge in [0.15, 0.2) is 6.10 Å². The van der Waals surface area contributed by atoms with Gasteiger partial charge in [-0.1, -0.05) is 89.3 Å². The summed E-state index contributed by atoms with van der Waals surface area (Å²) >= 11 is 0. The minimum atomic E-state index is -0.814. The zero-order chi connectivity index (χ0) is 27.3. The summed E-state index contributed by atoms with van der Waals surface area (Å²) in [7, 11) is 0. The van der Waals surface area contributed by atoms with Crippen LogP contribution in [0.2, 0.25) is 0 Å².